The largest absolute Gasteiger partial charge is 0.350 e. The van der Waals surface area contributed by atoms with Gasteiger partial charge in [-0.2, -0.15) is 4.31 Å². The third-order valence-electron chi connectivity index (χ3n) is 4.19. The van der Waals surface area contributed by atoms with Gasteiger partial charge in [0.05, 0.1) is 5.52 Å². The van der Waals surface area contributed by atoms with Gasteiger partial charge in [-0.25, -0.2) is 8.42 Å². The highest BCUT2D eigenvalue weighted by Crippen LogP contribution is 2.30. The van der Waals surface area contributed by atoms with Crippen LogP contribution in [0, 0.1) is 0 Å². The molecule has 1 aromatic carbocycles. The zero-order chi connectivity index (χ0) is 18.2. The maximum Gasteiger partial charge on any atom is 0.245 e. The summed E-state index contributed by atoms with van der Waals surface area (Å²) in [7, 11) is -3.81. The van der Waals surface area contributed by atoms with E-state index in [0.717, 1.165) is 5.39 Å². The molecule has 0 spiro atoms. The number of aromatic nitrogens is 1. The minimum absolute atomic E-state index is 0.154. The molecule has 0 saturated carbocycles. The molecule has 0 radical (unpaired) electrons. The smallest absolute Gasteiger partial charge is 0.245 e. The Morgan fingerprint density at radius 1 is 1.24 bits per heavy atom. The van der Waals surface area contributed by atoms with Crippen LogP contribution in [0.3, 0.4) is 0 Å². The predicted molar refractivity (Wildman–Crippen MR) is 96.6 cm³/mol. The van der Waals surface area contributed by atoms with Crippen molar-refractivity contribution >= 4 is 26.8 Å². The zero-order valence-electron chi connectivity index (χ0n) is 14.7. The van der Waals surface area contributed by atoms with Crippen LogP contribution in [0.2, 0.25) is 0 Å². The van der Waals surface area contributed by atoms with Crippen molar-refractivity contribution in [2.45, 2.75) is 50.1 Å². The number of sulfonamides is 1. The quantitative estimate of drug-likeness (QED) is 0.910. The lowest BCUT2D eigenvalue weighted by Crippen LogP contribution is -2.51. The molecule has 1 aromatic heterocycles. The molecule has 1 fully saturated rings. The summed E-state index contributed by atoms with van der Waals surface area (Å²) in [6.45, 7) is 5.99. The number of nitrogens with zero attached hydrogens (tertiary/aromatic N) is 2. The van der Waals surface area contributed by atoms with Gasteiger partial charge in [0.15, 0.2) is 0 Å². The Kier molecular flexibility index (Phi) is 4.55. The van der Waals surface area contributed by atoms with Gasteiger partial charge in [-0.05, 0) is 45.7 Å². The fourth-order valence-corrected chi connectivity index (χ4v) is 4.98. The van der Waals surface area contributed by atoms with E-state index in [9.17, 15) is 13.2 Å². The van der Waals surface area contributed by atoms with Crippen molar-refractivity contribution in [3.8, 4) is 0 Å². The number of carbonyl (C=O) groups excluding carboxylic acids is 1. The van der Waals surface area contributed by atoms with Gasteiger partial charge < -0.3 is 5.32 Å². The number of rotatable bonds is 3. The Morgan fingerprint density at radius 2 is 1.96 bits per heavy atom. The van der Waals surface area contributed by atoms with E-state index >= 15 is 0 Å². The number of fused-ring (bicyclic) bond motifs is 1. The average Bonchev–Trinajstić information content (AvgIpc) is 3.03. The summed E-state index contributed by atoms with van der Waals surface area (Å²) in [5.41, 5.74) is 0.0303. The Balaban J connectivity index is 2.00. The Morgan fingerprint density at radius 3 is 2.68 bits per heavy atom. The number of pyridine rings is 1. The second-order valence-corrected chi connectivity index (χ2v) is 9.20. The number of nitrogens with one attached hydrogen (secondary N) is 1. The molecule has 7 heteroatoms. The van der Waals surface area contributed by atoms with Gasteiger partial charge in [0.25, 0.3) is 0 Å². The fourth-order valence-electron chi connectivity index (χ4n) is 3.15. The van der Waals surface area contributed by atoms with Gasteiger partial charge in [-0.15, -0.1) is 0 Å². The predicted octanol–water partition coefficient (Wildman–Crippen LogP) is 2.30. The first-order valence-electron chi connectivity index (χ1n) is 8.38. The van der Waals surface area contributed by atoms with Crippen LogP contribution in [-0.2, 0) is 14.8 Å². The normalized spacial score (nSPS) is 19.2. The summed E-state index contributed by atoms with van der Waals surface area (Å²) in [6, 6.07) is 8.01. The summed E-state index contributed by atoms with van der Waals surface area (Å²) in [6.07, 6.45) is 2.77. The molecule has 1 aliphatic rings. The second-order valence-electron chi connectivity index (χ2n) is 7.34. The van der Waals surface area contributed by atoms with Crippen LogP contribution in [0.5, 0.6) is 0 Å². The summed E-state index contributed by atoms with van der Waals surface area (Å²) < 4.78 is 27.8. The molecule has 3 rings (SSSR count). The molecule has 1 unspecified atom stereocenters. The number of para-hydroxylation sites is 1. The molecular weight excluding hydrogens is 338 g/mol. The van der Waals surface area contributed by atoms with Crippen molar-refractivity contribution < 1.29 is 13.2 Å². The van der Waals surface area contributed by atoms with Crippen LogP contribution in [0.15, 0.2) is 41.4 Å². The number of hydrogen-bond acceptors (Lipinski definition) is 4. The highest BCUT2D eigenvalue weighted by Gasteiger charge is 2.40. The summed E-state index contributed by atoms with van der Waals surface area (Å²) in [5.74, 6) is -0.248. The van der Waals surface area contributed by atoms with E-state index in [1.54, 1.807) is 24.4 Å². The SMILES string of the molecule is CC(C)(C)NC(=O)C1CCCN1S(=O)(=O)c1cccc2cccnc12. The van der Waals surface area contributed by atoms with Crippen LogP contribution in [0.1, 0.15) is 33.6 Å². The third-order valence-corrected chi connectivity index (χ3v) is 6.13. The van der Waals surface area contributed by atoms with Gasteiger partial charge in [-0.3, -0.25) is 9.78 Å². The number of amides is 1. The van der Waals surface area contributed by atoms with Crippen LogP contribution in [0.4, 0.5) is 0 Å². The summed E-state index contributed by atoms with van der Waals surface area (Å²) >= 11 is 0. The molecule has 1 N–H and O–H groups in total. The maximum atomic E-state index is 13.2. The molecule has 1 saturated heterocycles. The van der Waals surface area contributed by atoms with E-state index in [1.807, 2.05) is 32.9 Å². The first kappa shape index (κ1) is 17.8. The van der Waals surface area contributed by atoms with Crippen molar-refractivity contribution in [1.82, 2.24) is 14.6 Å². The highest BCUT2D eigenvalue weighted by atomic mass is 32.2. The van der Waals surface area contributed by atoms with E-state index in [1.165, 1.54) is 4.31 Å². The summed E-state index contributed by atoms with van der Waals surface area (Å²) in [5, 5.41) is 3.65. The molecule has 0 aliphatic carbocycles. The lowest BCUT2D eigenvalue weighted by atomic mass is 10.1. The van der Waals surface area contributed by atoms with Crippen LogP contribution in [-0.4, -0.2) is 41.7 Å². The van der Waals surface area contributed by atoms with E-state index < -0.39 is 21.6 Å². The molecule has 25 heavy (non-hydrogen) atoms. The molecule has 6 nitrogen and oxygen atoms in total. The van der Waals surface area contributed by atoms with Crippen LogP contribution < -0.4 is 5.32 Å². The zero-order valence-corrected chi connectivity index (χ0v) is 15.5. The van der Waals surface area contributed by atoms with Gasteiger partial charge >= 0.3 is 0 Å². The second kappa shape index (κ2) is 6.38. The lowest BCUT2D eigenvalue weighted by molar-refractivity contribution is -0.125. The molecular formula is C18H23N3O3S. The number of hydrogen-bond donors (Lipinski definition) is 1. The van der Waals surface area contributed by atoms with Crippen molar-refractivity contribution in [3.63, 3.8) is 0 Å². The monoisotopic (exact) mass is 361 g/mol. The Labute approximate surface area is 148 Å². The van der Waals surface area contributed by atoms with Crippen molar-refractivity contribution in [2.24, 2.45) is 0 Å². The Hall–Kier alpha value is -1.99. The van der Waals surface area contributed by atoms with Crippen LogP contribution in [0.25, 0.3) is 10.9 Å². The van der Waals surface area contributed by atoms with E-state index in [2.05, 4.69) is 10.3 Å². The number of benzene rings is 1. The minimum atomic E-state index is -3.81. The maximum absolute atomic E-state index is 13.2. The van der Waals surface area contributed by atoms with Crippen molar-refractivity contribution in [2.75, 3.05) is 6.54 Å². The topological polar surface area (TPSA) is 79.4 Å². The molecule has 2 aromatic rings. The molecule has 1 aliphatic heterocycles. The van der Waals surface area contributed by atoms with E-state index in [0.29, 0.717) is 24.9 Å². The molecule has 1 atom stereocenters. The highest BCUT2D eigenvalue weighted by molar-refractivity contribution is 7.89. The van der Waals surface area contributed by atoms with Gasteiger partial charge in [0.2, 0.25) is 15.9 Å². The van der Waals surface area contributed by atoms with E-state index in [4.69, 9.17) is 0 Å². The number of carbonyl (C=O) groups is 1. The van der Waals surface area contributed by atoms with Crippen LogP contribution >= 0.6 is 0 Å². The molecule has 134 valence electrons. The van der Waals surface area contributed by atoms with E-state index in [-0.39, 0.29) is 10.8 Å². The van der Waals surface area contributed by atoms with Gasteiger partial charge in [0, 0.05) is 23.7 Å². The molecule has 2 heterocycles. The fraction of sp³-hybridized carbons (Fsp3) is 0.444. The van der Waals surface area contributed by atoms with Gasteiger partial charge in [0.1, 0.15) is 10.9 Å². The standard InChI is InChI=1S/C18H23N3O3S/c1-18(2,3)20-17(22)14-9-6-12-21(14)25(23,24)15-10-4-7-13-8-5-11-19-16(13)15/h4-5,7-8,10-11,14H,6,9,12H2,1-3H3,(H,20,22). The lowest BCUT2D eigenvalue weighted by Gasteiger charge is -2.28. The van der Waals surface area contributed by atoms with Crippen molar-refractivity contribution in [1.29, 1.82) is 0 Å². The first-order chi connectivity index (χ1) is 11.7. The molecule has 1 amide bonds. The molecule has 0 bridgehead atoms. The Bertz CT molecular complexity index is 898. The average molecular weight is 361 g/mol. The minimum Gasteiger partial charge on any atom is -0.350 e. The van der Waals surface area contributed by atoms with Gasteiger partial charge in [-0.1, -0.05) is 18.2 Å². The van der Waals surface area contributed by atoms with Crippen molar-refractivity contribution in [3.05, 3.63) is 36.5 Å². The third kappa shape index (κ3) is 3.52. The summed E-state index contributed by atoms with van der Waals surface area (Å²) in [4.78, 5) is 17.0. The first-order valence-corrected chi connectivity index (χ1v) is 9.82.